The van der Waals surface area contributed by atoms with Crippen LogP contribution in [0.4, 0.5) is 0 Å². The molecule has 2 aromatic carbocycles. The van der Waals surface area contributed by atoms with Crippen LogP contribution in [0.25, 0.3) is 0 Å². The Morgan fingerprint density at radius 3 is 1.29 bits per heavy atom. The van der Waals surface area contributed by atoms with Gasteiger partial charge in [0.05, 0.1) is 0 Å². The highest BCUT2D eigenvalue weighted by Crippen LogP contribution is 2.07. The minimum absolute atomic E-state index is 1.35. The second kappa shape index (κ2) is 9.83. The molecule has 0 spiro atoms. The molecule has 0 bridgehead atoms. The summed E-state index contributed by atoms with van der Waals surface area (Å²) in [5.41, 5.74) is 8.17. The Morgan fingerprint density at radius 2 is 1.00 bits per heavy atom. The molecule has 0 nitrogen and oxygen atoms in total. The van der Waals surface area contributed by atoms with Gasteiger partial charge in [-0.15, -0.1) is 12.3 Å². The van der Waals surface area contributed by atoms with Crippen molar-refractivity contribution in [3.8, 4) is 12.3 Å². The summed E-state index contributed by atoms with van der Waals surface area (Å²) in [5, 5.41) is 0. The Hall–Kier alpha value is -2.00. The number of terminal acetylenes is 1. The van der Waals surface area contributed by atoms with E-state index in [9.17, 15) is 0 Å². The van der Waals surface area contributed by atoms with E-state index in [2.05, 4.69) is 90.3 Å². The third-order valence-corrected chi connectivity index (χ3v) is 3.03. The van der Waals surface area contributed by atoms with Crippen molar-refractivity contribution in [1.82, 2.24) is 0 Å². The van der Waals surface area contributed by atoms with Crippen LogP contribution in [0.3, 0.4) is 0 Å². The molecule has 0 saturated carbocycles. The zero-order chi connectivity index (χ0) is 16.4. The average molecular weight is 280 g/mol. The summed E-state index contributed by atoms with van der Waals surface area (Å²) in [6, 6.07) is 13.1. The van der Waals surface area contributed by atoms with Crippen molar-refractivity contribution in [3.63, 3.8) is 0 Å². The molecule has 0 fully saturated rings. The predicted octanol–water partition coefficient (Wildman–Crippen LogP) is 5.86. The van der Waals surface area contributed by atoms with E-state index in [-0.39, 0.29) is 0 Å². The number of benzene rings is 2. The van der Waals surface area contributed by atoms with E-state index < -0.39 is 0 Å². The van der Waals surface area contributed by atoms with Crippen LogP contribution in [0.2, 0.25) is 0 Å². The molecule has 0 aliphatic heterocycles. The van der Waals surface area contributed by atoms with Crippen molar-refractivity contribution in [2.45, 2.75) is 48.5 Å². The van der Waals surface area contributed by atoms with Crippen LogP contribution < -0.4 is 0 Å². The van der Waals surface area contributed by atoms with E-state index in [1.54, 1.807) is 6.92 Å². The smallest absolute Gasteiger partial charge is 0.00297 e. The molecule has 0 amide bonds. The highest BCUT2D eigenvalue weighted by molar-refractivity contribution is 5.29. The summed E-state index contributed by atoms with van der Waals surface area (Å²) in [7, 11) is 0. The Balaban J connectivity index is 0.000000322. The van der Waals surface area contributed by atoms with Crippen LogP contribution in [0.5, 0.6) is 0 Å². The summed E-state index contributed by atoms with van der Waals surface area (Å²) in [6.45, 7) is 14.4. The van der Waals surface area contributed by atoms with Crippen LogP contribution in [-0.4, -0.2) is 0 Å². The van der Waals surface area contributed by atoms with Gasteiger partial charge in [-0.2, -0.15) is 0 Å². The maximum atomic E-state index is 4.60. The summed E-state index contributed by atoms with van der Waals surface area (Å²) in [5.74, 6) is 2.25. The highest BCUT2D eigenvalue weighted by Gasteiger charge is 1.89. The first-order valence-electron chi connectivity index (χ1n) is 7.26. The molecule has 0 atom stereocenters. The van der Waals surface area contributed by atoms with Crippen LogP contribution in [-0.2, 0) is 0 Å². The van der Waals surface area contributed by atoms with Crippen LogP contribution in [0.1, 0.15) is 40.3 Å². The van der Waals surface area contributed by atoms with Crippen molar-refractivity contribution in [1.29, 1.82) is 0 Å². The normalized spacial score (nSPS) is 8.67. The summed E-state index contributed by atoms with van der Waals surface area (Å²) in [6.07, 6.45) is 4.60. The van der Waals surface area contributed by atoms with Gasteiger partial charge in [-0.25, -0.2) is 0 Å². The standard InChI is InChI=1S/2C9H12.C3H4/c1-7-4-8(2)6-9(3)5-7;1-7-4-5-8(2)9(3)6-7;1-3-2/h2*4-6H,1-3H3;1H,2H3. The SMILES string of the molecule is C#CC.Cc1cc(C)cc(C)c1.Cc1ccc(C)c(C)c1. The average Bonchev–Trinajstić information content (AvgIpc) is 2.34. The minimum Gasteiger partial charge on any atom is -0.120 e. The van der Waals surface area contributed by atoms with Gasteiger partial charge in [-0.3, -0.25) is 0 Å². The monoisotopic (exact) mass is 280 g/mol. The summed E-state index contributed by atoms with van der Waals surface area (Å²) < 4.78 is 0. The van der Waals surface area contributed by atoms with Crippen molar-refractivity contribution < 1.29 is 0 Å². The van der Waals surface area contributed by atoms with E-state index in [4.69, 9.17) is 0 Å². The molecular formula is C21H28. The third-order valence-electron chi connectivity index (χ3n) is 3.03. The molecule has 21 heavy (non-hydrogen) atoms. The van der Waals surface area contributed by atoms with Crippen molar-refractivity contribution in [2.75, 3.05) is 0 Å². The third kappa shape index (κ3) is 8.71. The van der Waals surface area contributed by atoms with Gasteiger partial charge < -0.3 is 0 Å². The van der Waals surface area contributed by atoms with Gasteiger partial charge in [0.15, 0.2) is 0 Å². The lowest BCUT2D eigenvalue weighted by Gasteiger charge is -1.98. The van der Waals surface area contributed by atoms with Crippen LogP contribution >= 0.6 is 0 Å². The lowest BCUT2D eigenvalue weighted by atomic mass is 10.1. The van der Waals surface area contributed by atoms with Gasteiger partial charge in [0.25, 0.3) is 0 Å². The molecule has 2 rings (SSSR count). The molecule has 0 aliphatic rings. The van der Waals surface area contributed by atoms with E-state index >= 15 is 0 Å². The maximum Gasteiger partial charge on any atom is -0.00297 e. The molecule has 0 aromatic heterocycles. The first-order chi connectivity index (χ1) is 9.79. The van der Waals surface area contributed by atoms with Gasteiger partial charge in [0.1, 0.15) is 0 Å². The largest absolute Gasteiger partial charge is 0.120 e. The quantitative estimate of drug-likeness (QED) is 0.530. The lowest BCUT2D eigenvalue weighted by molar-refractivity contribution is 1.30. The molecule has 0 heteroatoms. The molecule has 0 heterocycles. The van der Waals surface area contributed by atoms with Crippen LogP contribution in [0.15, 0.2) is 36.4 Å². The Bertz CT molecular complexity index is 547. The zero-order valence-electron chi connectivity index (χ0n) is 14.5. The molecule has 0 unspecified atom stereocenters. The molecule has 0 aliphatic carbocycles. The molecule has 112 valence electrons. The van der Waals surface area contributed by atoms with E-state index in [0.717, 1.165) is 0 Å². The molecule has 0 radical (unpaired) electrons. The van der Waals surface area contributed by atoms with Gasteiger partial charge in [-0.05, 0) is 59.6 Å². The van der Waals surface area contributed by atoms with E-state index in [0.29, 0.717) is 0 Å². The second-order valence-corrected chi connectivity index (χ2v) is 5.54. The van der Waals surface area contributed by atoms with E-state index in [1.165, 1.54) is 33.4 Å². The summed E-state index contributed by atoms with van der Waals surface area (Å²) >= 11 is 0. The Labute approximate surface area is 131 Å². The van der Waals surface area contributed by atoms with Crippen LogP contribution in [0, 0.1) is 53.9 Å². The highest BCUT2D eigenvalue weighted by atomic mass is 14.0. The number of rotatable bonds is 0. The zero-order valence-corrected chi connectivity index (χ0v) is 14.5. The minimum atomic E-state index is 1.35. The first kappa shape index (κ1) is 19.0. The molecular weight excluding hydrogens is 252 g/mol. The van der Waals surface area contributed by atoms with Gasteiger partial charge >= 0.3 is 0 Å². The second-order valence-electron chi connectivity index (χ2n) is 5.54. The fraction of sp³-hybridized carbons (Fsp3) is 0.333. The van der Waals surface area contributed by atoms with Crippen molar-refractivity contribution in [2.24, 2.45) is 0 Å². The number of hydrogen-bond acceptors (Lipinski definition) is 0. The predicted molar refractivity (Wildman–Crippen MR) is 95.8 cm³/mol. The summed E-state index contributed by atoms with van der Waals surface area (Å²) in [4.78, 5) is 0. The van der Waals surface area contributed by atoms with Gasteiger partial charge in [0, 0.05) is 0 Å². The topological polar surface area (TPSA) is 0 Å². The maximum absolute atomic E-state index is 4.60. The van der Waals surface area contributed by atoms with Crippen molar-refractivity contribution >= 4 is 0 Å². The van der Waals surface area contributed by atoms with Crippen molar-refractivity contribution in [3.05, 3.63) is 69.8 Å². The number of aryl methyl sites for hydroxylation is 6. The molecule has 0 N–H and O–H groups in total. The number of hydrogen-bond donors (Lipinski definition) is 0. The fourth-order valence-corrected chi connectivity index (χ4v) is 2.09. The lowest BCUT2D eigenvalue weighted by Crippen LogP contribution is -1.79. The van der Waals surface area contributed by atoms with Gasteiger partial charge in [-0.1, -0.05) is 58.7 Å². The first-order valence-corrected chi connectivity index (χ1v) is 7.26. The van der Waals surface area contributed by atoms with E-state index in [1.807, 2.05) is 0 Å². The molecule has 0 saturated heterocycles. The van der Waals surface area contributed by atoms with Gasteiger partial charge in [0.2, 0.25) is 0 Å². The Kier molecular flexibility index (Phi) is 8.90. The Morgan fingerprint density at radius 1 is 0.619 bits per heavy atom. The fourth-order valence-electron chi connectivity index (χ4n) is 2.09. The molecule has 2 aromatic rings.